The molecule has 2 rings (SSSR count). The minimum Gasteiger partial charge on any atom is -0.491 e. The average molecular weight is 361 g/mol. The van der Waals surface area contributed by atoms with Gasteiger partial charge in [-0.25, -0.2) is 8.78 Å². The molecule has 0 fully saturated rings. The number of ether oxygens (including phenoxy) is 1. The zero-order valence-corrected chi connectivity index (χ0v) is 13.4. The van der Waals surface area contributed by atoms with Crippen LogP contribution in [0.25, 0.3) is 0 Å². The predicted octanol–water partition coefficient (Wildman–Crippen LogP) is 4.33. The molecule has 0 aliphatic heterocycles. The molecular weight excluding hydrogens is 349 g/mol. The molecule has 0 aromatic heterocycles. The van der Waals surface area contributed by atoms with Crippen LogP contribution in [0.3, 0.4) is 0 Å². The maximum atomic E-state index is 13.5. The van der Waals surface area contributed by atoms with Crippen molar-refractivity contribution >= 4 is 40.5 Å². The number of amides is 1. The first-order valence-electron chi connectivity index (χ1n) is 6.43. The molecule has 1 amide bonds. The normalized spacial score (nSPS) is 10.3. The number of hydrogen-bond acceptors (Lipinski definition) is 3. The van der Waals surface area contributed by atoms with Crippen molar-refractivity contribution in [3.63, 3.8) is 0 Å². The second kappa shape index (κ2) is 7.48. The number of carbonyl (C=O) groups excluding carboxylic acids is 1. The number of methoxy groups -OCH3 is 1. The second-order valence-electron chi connectivity index (χ2n) is 4.48. The van der Waals surface area contributed by atoms with E-state index in [0.29, 0.717) is 10.7 Å². The zero-order valence-electron chi connectivity index (χ0n) is 11.9. The van der Waals surface area contributed by atoms with Crippen LogP contribution in [-0.4, -0.2) is 19.6 Å². The first-order chi connectivity index (χ1) is 10.9. The van der Waals surface area contributed by atoms with Gasteiger partial charge in [-0.05, 0) is 12.1 Å². The number of carbonyl (C=O) groups is 1. The smallest absolute Gasteiger partial charge is 0.243 e. The Morgan fingerprint density at radius 3 is 2.48 bits per heavy atom. The van der Waals surface area contributed by atoms with Crippen molar-refractivity contribution in [2.75, 3.05) is 24.3 Å². The van der Waals surface area contributed by atoms with Gasteiger partial charge < -0.3 is 15.4 Å². The molecule has 2 aromatic carbocycles. The molecule has 0 bridgehead atoms. The fraction of sp³-hybridized carbons (Fsp3) is 0.133. The summed E-state index contributed by atoms with van der Waals surface area (Å²) in [6.45, 7) is -0.214. The van der Waals surface area contributed by atoms with Crippen molar-refractivity contribution < 1.29 is 18.3 Å². The van der Waals surface area contributed by atoms with Crippen molar-refractivity contribution in [2.24, 2.45) is 0 Å². The van der Waals surface area contributed by atoms with E-state index in [1.165, 1.54) is 0 Å². The molecule has 2 N–H and O–H groups in total. The number of anilines is 2. The lowest BCUT2D eigenvalue weighted by atomic mass is 10.2. The number of rotatable bonds is 5. The van der Waals surface area contributed by atoms with E-state index in [0.717, 1.165) is 19.2 Å². The summed E-state index contributed by atoms with van der Waals surface area (Å²) in [5.41, 5.74) is 0.450. The van der Waals surface area contributed by atoms with Gasteiger partial charge >= 0.3 is 0 Å². The third-order valence-corrected chi connectivity index (χ3v) is 3.70. The highest BCUT2D eigenvalue weighted by molar-refractivity contribution is 6.44. The molecule has 0 saturated carbocycles. The largest absolute Gasteiger partial charge is 0.491 e. The summed E-state index contributed by atoms with van der Waals surface area (Å²) < 4.78 is 31.7. The maximum absolute atomic E-state index is 13.5. The van der Waals surface area contributed by atoms with Gasteiger partial charge in [-0.3, -0.25) is 4.79 Å². The summed E-state index contributed by atoms with van der Waals surface area (Å²) >= 11 is 11.8. The quantitative estimate of drug-likeness (QED) is 0.834. The van der Waals surface area contributed by atoms with Crippen LogP contribution in [-0.2, 0) is 4.79 Å². The van der Waals surface area contributed by atoms with Crippen molar-refractivity contribution in [2.45, 2.75) is 0 Å². The van der Waals surface area contributed by atoms with Crippen molar-refractivity contribution in [3.05, 3.63) is 52.0 Å². The fourth-order valence-corrected chi connectivity index (χ4v) is 2.18. The van der Waals surface area contributed by atoms with E-state index in [9.17, 15) is 13.6 Å². The predicted molar refractivity (Wildman–Crippen MR) is 86.5 cm³/mol. The van der Waals surface area contributed by atoms with Gasteiger partial charge in [0.1, 0.15) is 0 Å². The SMILES string of the molecule is COc1c(F)cc(NCC(=O)Nc2cccc(Cl)c2Cl)cc1F. The molecule has 0 heterocycles. The molecule has 0 radical (unpaired) electrons. The van der Waals surface area contributed by atoms with Crippen LogP contribution in [0.1, 0.15) is 0 Å². The molecule has 2 aromatic rings. The highest BCUT2D eigenvalue weighted by atomic mass is 35.5. The highest BCUT2D eigenvalue weighted by Gasteiger charge is 2.13. The van der Waals surface area contributed by atoms with E-state index in [4.69, 9.17) is 23.2 Å². The summed E-state index contributed by atoms with van der Waals surface area (Å²) in [6, 6.07) is 6.86. The Balaban J connectivity index is 2.01. The molecule has 0 unspecified atom stereocenters. The molecule has 122 valence electrons. The standard InChI is InChI=1S/C15H12Cl2F2N2O2/c1-23-15-10(18)5-8(6-11(15)19)20-7-13(22)21-12-4-2-3-9(16)14(12)17/h2-6,20H,7H2,1H3,(H,21,22). The topological polar surface area (TPSA) is 50.4 Å². The van der Waals surface area contributed by atoms with Crippen LogP contribution in [0.15, 0.2) is 30.3 Å². The first-order valence-corrected chi connectivity index (χ1v) is 7.18. The maximum Gasteiger partial charge on any atom is 0.243 e. The van der Waals surface area contributed by atoms with Crippen LogP contribution in [0.4, 0.5) is 20.2 Å². The lowest BCUT2D eigenvalue weighted by Crippen LogP contribution is -2.22. The van der Waals surface area contributed by atoms with Gasteiger partial charge in [0, 0.05) is 17.8 Å². The van der Waals surface area contributed by atoms with E-state index < -0.39 is 23.3 Å². The number of nitrogens with one attached hydrogen (secondary N) is 2. The van der Waals surface area contributed by atoms with Crippen molar-refractivity contribution in [1.82, 2.24) is 0 Å². The Bertz CT molecular complexity index is 718. The average Bonchev–Trinajstić information content (AvgIpc) is 2.49. The van der Waals surface area contributed by atoms with Crippen LogP contribution >= 0.6 is 23.2 Å². The Kier molecular flexibility index (Phi) is 5.63. The van der Waals surface area contributed by atoms with Crippen molar-refractivity contribution in [3.8, 4) is 5.75 Å². The number of benzene rings is 2. The Morgan fingerprint density at radius 1 is 1.22 bits per heavy atom. The Morgan fingerprint density at radius 2 is 1.87 bits per heavy atom. The van der Waals surface area contributed by atoms with E-state index in [-0.39, 0.29) is 17.3 Å². The summed E-state index contributed by atoms with van der Waals surface area (Å²) in [4.78, 5) is 11.9. The minimum absolute atomic E-state index is 0.105. The molecule has 8 heteroatoms. The summed E-state index contributed by atoms with van der Waals surface area (Å²) in [6.07, 6.45) is 0. The molecule has 0 aliphatic carbocycles. The van der Waals surface area contributed by atoms with Gasteiger partial charge in [0.15, 0.2) is 17.4 Å². The molecule has 0 spiro atoms. The van der Waals surface area contributed by atoms with E-state index in [1.807, 2.05) is 0 Å². The number of hydrogen-bond donors (Lipinski definition) is 2. The molecule has 0 aliphatic rings. The Labute approximate surface area is 141 Å². The van der Waals surface area contributed by atoms with E-state index in [2.05, 4.69) is 15.4 Å². The van der Waals surface area contributed by atoms with Crippen molar-refractivity contribution in [1.29, 1.82) is 0 Å². The molecule has 0 atom stereocenters. The molecule has 0 saturated heterocycles. The summed E-state index contributed by atoms with van der Waals surface area (Å²) in [5.74, 6) is -2.67. The lowest BCUT2D eigenvalue weighted by Gasteiger charge is -2.11. The minimum atomic E-state index is -0.867. The van der Waals surface area contributed by atoms with Gasteiger partial charge in [0.2, 0.25) is 5.91 Å². The summed E-state index contributed by atoms with van der Waals surface area (Å²) in [5, 5.41) is 5.67. The zero-order chi connectivity index (χ0) is 17.0. The van der Waals surface area contributed by atoms with Gasteiger partial charge in [-0.1, -0.05) is 29.3 Å². The van der Waals surface area contributed by atoms with Crippen LogP contribution < -0.4 is 15.4 Å². The van der Waals surface area contributed by atoms with E-state index >= 15 is 0 Å². The van der Waals surface area contributed by atoms with Gasteiger partial charge in [0.25, 0.3) is 0 Å². The Hall–Kier alpha value is -2.05. The monoisotopic (exact) mass is 360 g/mol. The van der Waals surface area contributed by atoms with Crippen LogP contribution in [0.5, 0.6) is 5.75 Å². The van der Waals surface area contributed by atoms with Gasteiger partial charge in [-0.2, -0.15) is 0 Å². The van der Waals surface area contributed by atoms with Crippen LogP contribution in [0.2, 0.25) is 10.0 Å². The molecular formula is C15H12Cl2F2N2O2. The molecule has 4 nitrogen and oxygen atoms in total. The number of halogens is 4. The van der Waals surface area contributed by atoms with E-state index in [1.54, 1.807) is 18.2 Å². The highest BCUT2D eigenvalue weighted by Crippen LogP contribution is 2.29. The third-order valence-electron chi connectivity index (χ3n) is 2.88. The van der Waals surface area contributed by atoms with Gasteiger partial charge in [-0.15, -0.1) is 0 Å². The third kappa shape index (κ3) is 4.24. The van der Waals surface area contributed by atoms with Gasteiger partial charge in [0.05, 0.1) is 29.4 Å². The fourth-order valence-electron chi connectivity index (χ4n) is 1.83. The first kappa shape index (κ1) is 17.3. The molecule has 23 heavy (non-hydrogen) atoms. The lowest BCUT2D eigenvalue weighted by molar-refractivity contribution is -0.114. The van der Waals surface area contributed by atoms with Crippen LogP contribution in [0, 0.1) is 11.6 Å². The summed E-state index contributed by atoms with van der Waals surface area (Å²) in [7, 11) is 1.16. The second-order valence-corrected chi connectivity index (χ2v) is 5.26.